The third kappa shape index (κ3) is 3.29. The predicted octanol–water partition coefficient (Wildman–Crippen LogP) is 1.71. The highest BCUT2D eigenvalue weighted by Gasteiger charge is 2.41. The summed E-state index contributed by atoms with van der Waals surface area (Å²) in [6.07, 6.45) is 8.33. The van der Waals surface area contributed by atoms with E-state index in [-0.39, 0.29) is 29.2 Å². The summed E-state index contributed by atoms with van der Waals surface area (Å²) in [5.41, 5.74) is 0.129. The summed E-state index contributed by atoms with van der Waals surface area (Å²) in [6.45, 7) is 2.14. The van der Waals surface area contributed by atoms with E-state index in [2.05, 4.69) is 5.32 Å². The van der Waals surface area contributed by atoms with Crippen molar-refractivity contribution in [2.24, 2.45) is 11.3 Å². The molecule has 0 aromatic carbocycles. The number of piperidine rings is 1. The maximum absolute atomic E-state index is 12.6. The van der Waals surface area contributed by atoms with Gasteiger partial charge in [0.1, 0.15) is 6.04 Å². The van der Waals surface area contributed by atoms with Gasteiger partial charge in [0.05, 0.1) is 6.61 Å². The van der Waals surface area contributed by atoms with Crippen molar-refractivity contribution in [2.45, 2.75) is 57.4 Å². The Morgan fingerprint density at radius 2 is 1.95 bits per heavy atom. The van der Waals surface area contributed by atoms with Gasteiger partial charge < -0.3 is 15.0 Å². The molecule has 3 aliphatic rings. The second kappa shape index (κ2) is 6.57. The Balaban J connectivity index is 1.56. The maximum atomic E-state index is 12.6. The minimum absolute atomic E-state index is 0.0380. The van der Waals surface area contributed by atoms with Gasteiger partial charge in [-0.25, -0.2) is 0 Å². The summed E-state index contributed by atoms with van der Waals surface area (Å²) < 4.78 is 5.31. The van der Waals surface area contributed by atoms with Crippen molar-refractivity contribution in [3.8, 4) is 0 Å². The van der Waals surface area contributed by atoms with E-state index in [0.29, 0.717) is 13.2 Å². The average molecular weight is 308 g/mol. The lowest BCUT2D eigenvalue weighted by Crippen LogP contribution is -2.55. The second-order valence-electron chi connectivity index (χ2n) is 7.32. The molecule has 0 radical (unpaired) electrons. The van der Waals surface area contributed by atoms with Crippen LogP contribution >= 0.6 is 0 Å². The summed E-state index contributed by atoms with van der Waals surface area (Å²) >= 11 is 0. The molecule has 1 atom stereocenters. The normalized spacial score (nSPS) is 27.1. The van der Waals surface area contributed by atoms with Crippen LogP contribution in [0.25, 0.3) is 0 Å². The van der Waals surface area contributed by atoms with Crippen LogP contribution in [0.2, 0.25) is 0 Å². The van der Waals surface area contributed by atoms with Gasteiger partial charge in [-0.05, 0) is 44.9 Å². The lowest BCUT2D eigenvalue weighted by Gasteiger charge is -2.42. The smallest absolute Gasteiger partial charge is 0.242 e. The number of likely N-dealkylation sites (tertiary alicyclic amines) is 1. The minimum atomic E-state index is -0.249. The third-order valence-electron chi connectivity index (χ3n) is 5.52. The fourth-order valence-corrected chi connectivity index (χ4v) is 3.78. The zero-order valence-electron chi connectivity index (χ0n) is 13.6. The lowest BCUT2D eigenvalue weighted by atomic mass is 9.69. The Morgan fingerprint density at radius 1 is 1.18 bits per heavy atom. The monoisotopic (exact) mass is 308 g/mol. The maximum Gasteiger partial charge on any atom is 0.242 e. The van der Waals surface area contributed by atoms with Crippen molar-refractivity contribution in [1.29, 1.82) is 0 Å². The predicted molar refractivity (Wildman–Crippen MR) is 83.2 cm³/mol. The Bertz CT molecular complexity index is 430. The van der Waals surface area contributed by atoms with Crippen LogP contribution in [0.5, 0.6) is 0 Å². The van der Waals surface area contributed by atoms with Crippen LogP contribution in [0.4, 0.5) is 0 Å². The molecule has 3 rings (SSSR count). The Hall–Kier alpha value is -1.10. The molecule has 1 aliphatic heterocycles. The van der Waals surface area contributed by atoms with Crippen LogP contribution in [0.15, 0.2) is 0 Å². The van der Waals surface area contributed by atoms with E-state index in [4.69, 9.17) is 4.74 Å². The van der Waals surface area contributed by atoms with Gasteiger partial charge >= 0.3 is 0 Å². The van der Waals surface area contributed by atoms with Crippen molar-refractivity contribution >= 4 is 11.8 Å². The molecular weight excluding hydrogens is 280 g/mol. The van der Waals surface area contributed by atoms with E-state index in [1.807, 2.05) is 4.90 Å². The summed E-state index contributed by atoms with van der Waals surface area (Å²) in [5.74, 6) is 0.436. The summed E-state index contributed by atoms with van der Waals surface area (Å²) in [4.78, 5) is 26.8. The topological polar surface area (TPSA) is 58.6 Å². The molecule has 2 amide bonds. The molecule has 0 aromatic heterocycles. The van der Waals surface area contributed by atoms with Gasteiger partial charge in [0.15, 0.2) is 0 Å². The molecule has 0 spiro atoms. The van der Waals surface area contributed by atoms with Crippen LogP contribution in [0.3, 0.4) is 0 Å². The van der Waals surface area contributed by atoms with Crippen LogP contribution in [-0.2, 0) is 14.3 Å². The van der Waals surface area contributed by atoms with E-state index < -0.39 is 0 Å². The highest BCUT2D eigenvalue weighted by atomic mass is 16.5. The SMILES string of the molecule is COCC1(CNC(=O)[C@@H]2CCCCN2C(=O)C2CC2)CCC1. The molecule has 22 heavy (non-hydrogen) atoms. The molecule has 2 aliphatic carbocycles. The molecular formula is C17H28N2O3. The Kier molecular flexibility index (Phi) is 4.71. The first kappa shape index (κ1) is 15.8. The standard InChI is InChI=1S/C17H28N2O3/c1-22-12-17(8-4-9-17)11-18-15(20)14-5-2-3-10-19(14)16(21)13-6-7-13/h13-14H,2-12H2,1H3,(H,18,20)/t14-/m0/s1. The molecule has 1 heterocycles. The first-order valence-electron chi connectivity index (χ1n) is 8.72. The first-order valence-corrected chi connectivity index (χ1v) is 8.72. The van der Waals surface area contributed by atoms with Gasteiger partial charge in [-0.3, -0.25) is 9.59 Å². The Labute approximate surface area is 132 Å². The number of carbonyl (C=O) groups excluding carboxylic acids is 2. The molecule has 5 heteroatoms. The van der Waals surface area contributed by atoms with Crippen LogP contribution in [0, 0.1) is 11.3 Å². The molecule has 0 unspecified atom stereocenters. The number of methoxy groups -OCH3 is 1. The van der Waals surface area contributed by atoms with Gasteiger partial charge in [0, 0.05) is 31.5 Å². The number of hydrogen-bond acceptors (Lipinski definition) is 3. The van der Waals surface area contributed by atoms with Crippen molar-refractivity contribution < 1.29 is 14.3 Å². The molecule has 1 saturated heterocycles. The van der Waals surface area contributed by atoms with Crippen molar-refractivity contribution in [3.05, 3.63) is 0 Å². The van der Waals surface area contributed by atoms with Gasteiger partial charge in [-0.1, -0.05) is 6.42 Å². The Morgan fingerprint density at radius 3 is 2.55 bits per heavy atom. The summed E-state index contributed by atoms with van der Waals surface area (Å²) in [7, 11) is 1.72. The number of ether oxygens (including phenoxy) is 1. The molecule has 0 aromatic rings. The number of nitrogens with zero attached hydrogens (tertiary/aromatic N) is 1. The number of nitrogens with one attached hydrogen (secondary N) is 1. The van der Waals surface area contributed by atoms with Gasteiger partial charge in [0.2, 0.25) is 11.8 Å². The van der Waals surface area contributed by atoms with Crippen molar-refractivity contribution in [3.63, 3.8) is 0 Å². The fourth-order valence-electron chi connectivity index (χ4n) is 3.78. The zero-order valence-corrected chi connectivity index (χ0v) is 13.6. The van der Waals surface area contributed by atoms with E-state index in [0.717, 1.165) is 51.5 Å². The van der Waals surface area contributed by atoms with Gasteiger partial charge in [-0.2, -0.15) is 0 Å². The fraction of sp³-hybridized carbons (Fsp3) is 0.882. The number of carbonyl (C=O) groups is 2. The molecule has 5 nitrogen and oxygen atoms in total. The van der Waals surface area contributed by atoms with Crippen molar-refractivity contribution in [1.82, 2.24) is 10.2 Å². The van der Waals surface area contributed by atoms with E-state index in [9.17, 15) is 9.59 Å². The second-order valence-corrected chi connectivity index (χ2v) is 7.32. The van der Waals surface area contributed by atoms with Crippen LogP contribution < -0.4 is 5.32 Å². The number of rotatable bonds is 6. The van der Waals surface area contributed by atoms with E-state index in [1.54, 1.807) is 7.11 Å². The molecule has 3 fully saturated rings. The minimum Gasteiger partial charge on any atom is -0.384 e. The average Bonchev–Trinajstić information content (AvgIpc) is 3.33. The van der Waals surface area contributed by atoms with Crippen LogP contribution in [0.1, 0.15) is 51.4 Å². The van der Waals surface area contributed by atoms with Crippen LogP contribution in [-0.4, -0.2) is 49.6 Å². The summed E-state index contributed by atoms with van der Waals surface area (Å²) in [5, 5.41) is 3.11. The number of amides is 2. The first-order chi connectivity index (χ1) is 10.7. The quantitative estimate of drug-likeness (QED) is 0.812. The largest absolute Gasteiger partial charge is 0.384 e. The third-order valence-corrected chi connectivity index (χ3v) is 5.52. The highest BCUT2D eigenvalue weighted by molar-refractivity contribution is 5.89. The van der Waals surface area contributed by atoms with Gasteiger partial charge in [-0.15, -0.1) is 0 Å². The van der Waals surface area contributed by atoms with Gasteiger partial charge in [0.25, 0.3) is 0 Å². The molecule has 1 N–H and O–H groups in total. The van der Waals surface area contributed by atoms with E-state index >= 15 is 0 Å². The molecule has 2 saturated carbocycles. The van der Waals surface area contributed by atoms with E-state index in [1.165, 1.54) is 6.42 Å². The number of hydrogen-bond donors (Lipinski definition) is 1. The van der Waals surface area contributed by atoms with Crippen molar-refractivity contribution in [2.75, 3.05) is 26.8 Å². The molecule has 0 bridgehead atoms. The summed E-state index contributed by atoms with van der Waals surface area (Å²) in [6, 6.07) is -0.249. The lowest BCUT2D eigenvalue weighted by molar-refractivity contribution is -0.143. The zero-order chi connectivity index (χ0) is 15.6. The highest BCUT2D eigenvalue weighted by Crippen LogP contribution is 2.40. The molecule has 124 valence electrons.